The average molecular weight is 631 g/mol. The number of carbonyl (C=O) groups is 1. The zero-order chi connectivity index (χ0) is 33.5. The van der Waals surface area contributed by atoms with Crippen LogP contribution >= 0.6 is 0 Å². The fourth-order valence-corrected chi connectivity index (χ4v) is 5.84. The molecule has 1 amide bonds. The molecule has 0 radical (unpaired) electrons. The largest absolute Gasteiger partial charge is 0.382 e. The molecule has 48 heavy (non-hydrogen) atoms. The summed E-state index contributed by atoms with van der Waals surface area (Å²) < 4.78 is 0. The number of aromatic nitrogens is 2. The second kappa shape index (κ2) is 14.1. The smallest absolute Gasteiger partial charge is 0.248 e. The quantitative estimate of drug-likeness (QED) is 0.104. The van der Waals surface area contributed by atoms with Crippen molar-refractivity contribution < 1.29 is 4.79 Å². The predicted octanol–water partition coefficient (Wildman–Crippen LogP) is 8.16. The summed E-state index contributed by atoms with van der Waals surface area (Å²) in [6, 6.07) is 45.0. The number of hydrogen-bond acceptors (Lipinski definition) is 6. The molecule has 0 saturated carbocycles. The summed E-state index contributed by atoms with van der Waals surface area (Å²) in [5, 5.41) is 6.70. The zero-order valence-electron chi connectivity index (χ0n) is 27.3. The number of nitrogens with two attached hydrogens (primary N) is 1. The molecule has 6 rings (SSSR count). The molecule has 4 aromatic carbocycles. The van der Waals surface area contributed by atoms with E-state index in [9.17, 15) is 4.79 Å². The highest BCUT2D eigenvalue weighted by atomic mass is 16.1. The van der Waals surface area contributed by atoms with Crippen molar-refractivity contribution in [2.24, 2.45) is 0 Å². The lowest BCUT2D eigenvalue weighted by atomic mass is 9.77. The number of rotatable bonds is 10. The number of hydrogen-bond donors (Lipinski definition) is 3. The van der Waals surface area contributed by atoms with Gasteiger partial charge in [0.2, 0.25) is 5.91 Å². The number of pyridine rings is 2. The number of nitrogens with zero attached hydrogens (tertiary/aromatic N) is 3. The Bertz CT molecular complexity index is 1930. The number of nitrogen functional groups attached to an aromatic ring is 1. The van der Waals surface area contributed by atoms with Crippen LogP contribution in [0.15, 0.2) is 146 Å². The molecule has 2 aromatic heterocycles. The van der Waals surface area contributed by atoms with Crippen LogP contribution < -0.4 is 21.3 Å². The van der Waals surface area contributed by atoms with Gasteiger partial charge in [-0.1, -0.05) is 103 Å². The van der Waals surface area contributed by atoms with E-state index in [1.54, 1.807) is 12.3 Å². The molecule has 0 aliphatic carbocycles. The van der Waals surface area contributed by atoms with Crippen molar-refractivity contribution in [1.29, 1.82) is 0 Å². The van der Waals surface area contributed by atoms with Crippen molar-refractivity contribution in [2.75, 3.05) is 35.4 Å². The van der Waals surface area contributed by atoms with Crippen molar-refractivity contribution in [2.45, 2.75) is 12.5 Å². The lowest BCUT2D eigenvalue weighted by Crippen LogP contribution is -2.38. The Kier molecular flexibility index (Phi) is 9.30. The van der Waals surface area contributed by atoms with Gasteiger partial charge in [-0.05, 0) is 71.1 Å². The van der Waals surface area contributed by atoms with Crippen molar-refractivity contribution in [3.63, 3.8) is 0 Å². The molecule has 0 aliphatic heterocycles. The molecular weight excluding hydrogens is 592 g/mol. The van der Waals surface area contributed by atoms with E-state index in [4.69, 9.17) is 10.7 Å². The minimum absolute atomic E-state index is 0.240. The van der Waals surface area contributed by atoms with Crippen LogP contribution in [0.1, 0.15) is 27.9 Å². The van der Waals surface area contributed by atoms with Gasteiger partial charge < -0.3 is 21.3 Å². The molecule has 4 N–H and O–H groups in total. The molecule has 0 spiro atoms. The molecule has 0 aliphatic rings. The van der Waals surface area contributed by atoms with Crippen LogP contribution in [-0.2, 0) is 10.3 Å². The maximum Gasteiger partial charge on any atom is 0.248 e. The Hall–Kier alpha value is -6.21. The molecule has 6 aromatic rings. The fraction of sp³-hybridized carbons (Fsp3) is 0.0976. The third-order valence-electron chi connectivity index (χ3n) is 8.22. The number of amides is 1. The summed E-state index contributed by atoms with van der Waals surface area (Å²) in [5.41, 5.74) is 13.6. The molecule has 0 unspecified atom stereocenters. The number of aryl methyl sites for hydroxylation is 1. The molecular formula is C41H38N6O. The summed E-state index contributed by atoms with van der Waals surface area (Å²) >= 11 is 0. The number of nitrogens with one attached hydrogen (secondary N) is 2. The SMILES string of the molecule is Cc1cc(C=CC(=O)Nc2cc(-c3ccc(N(C)C)cc3)cnc2N)nc(NC(c2ccccc2)(c2ccccc2)c2ccccc2)c1. The highest BCUT2D eigenvalue weighted by Gasteiger charge is 2.36. The average Bonchev–Trinajstić information content (AvgIpc) is 3.11. The topological polar surface area (TPSA) is 96.2 Å². The van der Waals surface area contributed by atoms with Crippen LogP contribution in [0, 0.1) is 6.92 Å². The van der Waals surface area contributed by atoms with Crippen LogP contribution in [-0.4, -0.2) is 30.0 Å². The highest BCUT2D eigenvalue weighted by molar-refractivity contribution is 6.03. The van der Waals surface area contributed by atoms with E-state index in [-0.39, 0.29) is 11.7 Å². The highest BCUT2D eigenvalue weighted by Crippen LogP contribution is 2.40. The van der Waals surface area contributed by atoms with Gasteiger partial charge in [0.25, 0.3) is 0 Å². The molecule has 2 heterocycles. The standard InChI is InChI=1S/C41H38N6O/c1-29-25-35(21-24-39(48)45-37-27-31(28-43-40(37)42)30-19-22-36(23-20-30)47(2)3)44-38(26-29)46-41(32-13-7-4-8-14-32,33-15-9-5-10-16-33)34-17-11-6-12-18-34/h4-28H,1-3H3,(H2,42,43)(H,44,46)(H,45,48). The van der Waals surface area contributed by atoms with Crippen LogP contribution in [0.25, 0.3) is 17.2 Å². The first-order valence-electron chi connectivity index (χ1n) is 15.8. The Morgan fingerprint density at radius 1 is 0.750 bits per heavy atom. The summed E-state index contributed by atoms with van der Waals surface area (Å²) in [7, 11) is 4.00. The van der Waals surface area contributed by atoms with E-state index >= 15 is 0 Å². The first kappa shape index (κ1) is 31.8. The van der Waals surface area contributed by atoms with Crippen molar-refractivity contribution in [3.8, 4) is 11.1 Å². The van der Waals surface area contributed by atoms with Gasteiger partial charge in [0.15, 0.2) is 0 Å². The number of benzene rings is 4. The minimum Gasteiger partial charge on any atom is -0.382 e. The van der Waals surface area contributed by atoms with Gasteiger partial charge in [0.05, 0.1) is 11.4 Å². The van der Waals surface area contributed by atoms with Gasteiger partial charge in [-0.2, -0.15) is 0 Å². The van der Waals surface area contributed by atoms with Crippen LogP contribution in [0.4, 0.5) is 23.0 Å². The van der Waals surface area contributed by atoms with Crippen molar-refractivity contribution in [1.82, 2.24) is 9.97 Å². The second-order valence-electron chi connectivity index (χ2n) is 11.8. The van der Waals surface area contributed by atoms with Crippen molar-refractivity contribution in [3.05, 3.63) is 174 Å². The summed E-state index contributed by atoms with van der Waals surface area (Å²) in [5.74, 6) is 0.575. The van der Waals surface area contributed by atoms with Crippen LogP contribution in [0.2, 0.25) is 0 Å². The molecule has 0 bridgehead atoms. The summed E-state index contributed by atoms with van der Waals surface area (Å²) in [6.07, 6.45) is 4.87. The molecule has 0 atom stereocenters. The van der Waals surface area contributed by atoms with Gasteiger partial charge in [0.1, 0.15) is 17.2 Å². The Balaban J connectivity index is 1.29. The summed E-state index contributed by atoms with van der Waals surface area (Å²) in [4.78, 5) is 24.4. The first-order valence-corrected chi connectivity index (χ1v) is 15.8. The Morgan fingerprint density at radius 2 is 1.31 bits per heavy atom. The third kappa shape index (κ3) is 6.95. The minimum atomic E-state index is -0.731. The van der Waals surface area contributed by atoms with Gasteiger partial charge in [-0.25, -0.2) is 9.97 Å². The van der Waals surface area contributed by atoms with E-state index in [2.05, 4.69) is 52.0 Å². The van der Waals surface area contributed by atoms with Crippen LogP contribution in [0.3, 0.4) is 0 Å². The predicted molar refractivity (Wildman–Crippen MR) is 198 cm³/mol. The lowest BCUT2D eigenvalue weighted by Gasteiger charge is -2.37. The monoisotopic (exact) mass is 630 g/mol. The van der Waals surface area contributed by atoms with E-state index in [1.165, 1.54) is 6.08 Å². The maximum atomic E-state index is 13.1. The Morgan fingerprint density at radius 3 is 1.85 bits per heavy atom. The van der Waals surface area contributed by atoms with Crippen molar-refractivity contribution >= 4 is 35.0 Å². The molecule has 0 fully saturated rings. The molecule has 7 nitrogen and oxygen atoms in total. The van der Waals surface area contributed by atoms with E-state index in [0.29, 0.717) is 17.2 Å². The van der Waals surface area contributed by atoms with Gasteiger partial charge >= 0.3 is 0 Å². The fourth-order valence-electron chi connectivity index (χ4n) is 5.84. The maximum absolute atomic E-state index is 13.1. The normalized spacial score (nSPS) is 11.3. The molecule has 0 saturated heterocycles. The van der Waals surface area contributed by atoms with Crippen LogP contribution in [0.5, 0.6) is 0 Å². The number of anilines is 4. The zero-order valence-corrected chi connectivity index (χ0v) is 27.3. The third-order valence-corrected chi connectivity index (χ3v) is 8.22. The van der Waals surface area contributed by atoms with E-state index in [1.807, 2.05) is 123 Å². The van der Waals surface area contributed by atoms with E-state index in [0.717, 1.165) is 39.1 Å². The molecule has 7 heteroatoms. The summed E-state index contributed by atoms with van der Waals surface area (Å²) in [6.45, 7) is 2.02. The second-order valence-corrected chi connectivity index (χ2v) is 11.8. The van der Waals surface area contributed by atoms with Gasteiger partial charge in [-0.3, -0.25) is 4.79 Å². The van der Waals surface area contributed by atoms with Gasteiger partial charge in [-0.15, -0.1) is 0 Å². The Labute approximate surface area is 281 Å². The first-order chi connectivity index (χ1) is 23.3. The van der Waals surface area contributed by atoms with E-state index < -0.39 is 5.54 Å². The molecule has 238 valence electrons. The lowest BCUT2D eigenvalue weighted by molar-refractivity contribution is -0.111. The number of carbonyl (C=O) groups excluding carboxylic acids is 1. The van der Waals surface area contributed by atoms with Gasteiger partial charge in [0, 0.05) is 37.6 Å².